The molecule has 0 aromatic carbocycles. The first-order chi connectivity index (χ1) is 7.16. The van der Waals surface area contributed by atoms with Crippen LogP contribution in [-0.2, 0) is 7.05 Å². The van der Waals surface area contributed by atoms with Crippen molar-refractivity contribution >= 4 is 21.7 Å². The van der Waals surface area contributed by atoms with Gasteiger partial charge in [0.05, 0.1) is 0 Å². The number of ketones is 1. The number of aromatic nitrogens is 3. The van der Waals surface area contributed by atoms with Crippen molar-refractivity contribution in [3.63, 3.8) is 0 Å². The molecule has 0 saturated heterocycles. The maximum atomic E-state index is 11.9. The van der Waals surface area contributed by atoms with E-state index in [1.807, 2.05) is 0 Å². The summed E-state index contributed by atoms with van der Waals surface area (Å²) in [6.45, 7) is 0. The molecule has 0 spiro atoms. The van der Waals surface area contributed by atoms with Crippen molar-refractivity contribution in [2.45, 2.75) is 0 Å². The lowest BCUT2D eigenvalue weighted by molar-refractivity contribution is 0.103. The Balaban J connectivity index is 2.36. The van der Waals surface area contributed by atoms with Crippen LogP contribution in [0.2, 0.25) is 0 Å². The zero-order chi connectivity index (χ0) is 10.8. The molecule has 0 aliphatic rings. The summed E-state index contributed by atoms with van der Waals surface area (Å²) in [6, 6.07) is 3.41. The molecule has 15 heavy (non-hydrogen) atoms. The van der Waals surface area contributed by atoms with Crippen LogP contribution in [0.3, 0.4) is 0 Å². The van der Waals surface area contributed by atoms with Crippen molar-refractivity contribution in [2.24, 2.45) is 7.05 Å². The van der Waals surface area contributed by atoms with E-state index in [2.05, 4.69) is 26.0 Å². The zero-order valence-electron chi connectivity index (χ0n) is 8.01. The predicted octanol–water partition coefficient (Wildman–Crippen LogP) is 1.81. The molecule has 5 heteroatoms. The molecular formula is C10H8BrN3O. The normalized spacial score (nSPS) is 10.3. The minimum Gasteiger partial charge on any atom is -0.287 e. The molecule has 2 aromatic rings. The number of carbonyl (C=O) groups is 1. The van der Waals surface area contributed by atoms with E-state index in [0.717, 1.165) is 4.47 Å². The average Bonchev–Trinajstić information content (AvgIpc) is 2.64. The van der Waals surface area contributed by atoms with Gasteiger partial charge in [0, 0.05) is 35.7 Å². The summed E-state index contributed by atoms with van der Waals surface area (Å²) in [5, 5.41) is 4.04. The first kappa shape index (κ1) is 10.0. The number of rotatable bonds is 2. The lowest BCUT2D eigenvalue weighted by Crippen LogP contribution is -2.03. The van der Waals surface area contributed by atoms with Gasteiger partial charge in [0.1, 0.15) is 5.69 Å². The highest BCUT2D eigenvalue weighted by molar-refractivity contribution is 9.10. The number of nitrogens with zero attached hydrogens (tertiary/aromatic N) is 3. The Bertz CT molecular complexity index is 507. The highest BCUT2D eigenvalue weighted by Gasteiger charge is 2.12. The van der Waals surface area contributed by atoms with Gasteiger partial charge in [0.2, 0.25) is 5.78 Å². The second-order valence-corrected chi connectivity index (χ2v) is 4.01. The zero-order valence-corrected chi connectivity index (χ0v) is 9.60. The average molecular weight is 266 g/mol. The molecule has 0 N–H and O–H groups in total. The molecule has 2 aromatic heterocycles. The van der Waals surface area contributed by atoms with Crippen LogP contribution in [0.4, 0.5) is 0 Å². The SMILES string of the molecule is Cn1ccc(C(=O)c2cncc(Br)c2)n1. The van der Waals surface area contributed by atoms with Gasteiger partial charge in [-0.3, -0.25) is 14.5 Å². The summed E-state index contributed by atoms with van der Waals surface area (Å²) < 4.78 is 2.38. The third-order valence-corrected chi connectivity index (χ3v) is 2.35. The monoisotopic (exact) mass is 265 g/mol. The first-order valence-electron chi connectivity index (χ1n) is 4.32. The van der Waals surface area contributed by atoms with Crippen molar-refractivity contribution in [3.05, 3.63) is 46.5 Å². The Hall–Kier alpha value is -1.49. The Kier molecular flexibility index (Phi) is 2.64. The van der Waals surface area contributed by atoms with E-state index in [1.165, 1.54) is 6.20 Å². The van der Waals surface area contributed by atoms with Gasteiger partial charge >= 0.3 is 0 Å². The Morgan fingerprint density at radius 3 is 2.87 bits per heavy atom. The highest BCUT2D eigenvalue weighted by Crippen LogP contribution is 2.12. The van der Waals surface area contributed by atoms with E-state index in [-0.39, 0.29) is 5.78 Å². The van der Waals surface area contributed by atoms with E-state index in [9.17, 15) is 4.79 Å². The fourth-order valence-corrected chi connectivity index (χ4v) is 1.58. The summed E-state index contributed by atoms with van der Waals surface area (Å²) in [6.07, 6.45) is 4.90. The van der Waals surface area contributed by atoms with Gasteiger partial charge in [-0.05, 0) is 28.1 Å². The van der Waals surface area contributed by atoms with Crippen LogP contribution in [0, 0.1) is 0 Å². The summed E-state index contributed by atoms with van der Waals surface area (Å²) in [7, 11) is 1.77. The fourth-order valence-electron chi connectivity index (χ4n) is 1.22. The molecule has 0 aliphatic heterocycles. The molecule has 0 radical (unpaired) electrons. The van der Waals surface area contributed by atoms with Gasteiger partial charge in [0.15, 0.2) is 0 Å². The topological polar surface area (TPSA) is 47.8 Å². The number of pyridine rings is 1. The van der Waals surface area contributed by atoms with Gasteiger partial charge in [0.25, 0.3) is 0 Å². The van der Waals surface area contributed by atoms with Crippen LogP contribution in [0.5, 0.6) is 0 Å². The van der Waals surface area contributed by atoms with E-state index < -0.39 is 0 Å². The molecule has 0 saturated carbocycles. The third kappa shape index (κ3) is 2.12. The maximum absolute atomic E-state index is 11.9. The van der Waals surface area contributed by atoms with Gasteiger partial charge < -0.3 is 0 Å². The molecule has 0 fully saturated rings. The molecule has 76 valence electrons. The minimum atomic E-state index is -0.121. The van der Waals surface area contributed by atoms with Crippen LogP contribution >= 0.6 is 15.9 Å². The summed E-state index contributed by atoms with van der Waals surface area (Å²) in [5.41, 5.74) is 0.959. The van der Waals surface area contributed by atoms with Crippen molar-refractivity contribution in [3.8, 4) is 0 Å². The molecule has 0 atom stereocenters. The van der Waals surface area contributed by atoms with Crippen LogP contribution < -0.4 is 0 Å². The van der Waals surface area contributed by atoms with Crippen molar-refractivity contribution in [1.82, 2.24) is 14.8 Å². The smallest absolute Gasteiger partial charge is 0.214 e. The summed E-state index contributed by atoms with van der Waals surface area (Å²) in [4.78, 5) is 15.8. The van der Waals surface area contributed by atoms with Gasteiger partial charge in [-0.2, -0.15) is 5.10 Å². The number of carbonyl (C=O) groups excluding carboxylic acids is 1. The number of aryl methyl sites for hydroxylation is 1. The number of hydrogen-bond acceptors (Lipinski definition) is 3. The van der Waals surface area contributed by atoms with E-state index in [4.69, 9.17) is 0 Å². The largest absolute Gasteiger partial charge is 0.287 e. The van der Waals surface area contributed by atoms with Crippen molar-refractivity contribution < 1.29 is 4.79 Å². The van der Waals surface area contributed by atoms with E-state index in [0.29, 0.717) is 11.3 Å². The number of hydrogen-bond donors (Lipinski definition) is 0. The van der Waals surface area contributed by atoms with Crippen molar-refractivity contribution in [2.75, 3.05) is 0 Å². The molecule has 2 rings (SSSR count). The molecular weight excluding hydrogens is 258 g/mol. The van der Waals surface area contributed by atoms with E-state index in [1.54, 1.807) is 36.3 Å². The van der Waals surface area contributed by atoms with Crippen LogP contribution in [-0.4, -0.2) is 20.5 Å². The highest BCUT2D eigenvalue weighted by atomic mass is 79.9. The van der Waals surface area contributed by atoms with Crippen LogP contribution in [0.15, 0.2) is 35.2 Å². The molecule has 2 heterocycles. The lowest BCUT2D eigenvalue weighted by Gasteiger charge is -1.97. The lowest BCUT2D eigenvalue weighted by atomic mass is 10.1. The first-order valence-corrected chi connectivity index (χ1v) is 5.11. The summed E-state index contributed by atoms with van der Waals surface area (Å²) >= 11 is 3.27. The quantitative estimate of drug-likeness (QED) is 0.779. The molecule has 4 nitrogen and oxygen atoms in total. The maximum Gasteiger partial charge on any atom is 0.214 e. The van der Waals surface area contributed by atoms with Gasteiger partial charge in [-0.1, -0.05) is 0 Å². The standard InChI is InChI=1S/C10H8BrN3O/c1-14-3-2-9(13-14)10(15)7-4-8(11)6-12-5-7/h2-6H,1H3. The molecule has 0 amide bonds. The van der Waals surface area contributed by atoms with Crippen LogP contribution in [0.25, 0.3) is 0 Å². The van der Waals surface area contributed by atoms with Crippen molar-refractivity contribution in [1.29, 1.82) is 0 Å². The van der Waals surface area contributed by atoms with E-state index >= 15 is 0 Å². The van der Waals surface area contributed by atoms with Gasteiger partial charge in [-0.15, -0.1) is 0 Å². The van der Waals surface area contributed by atoms with Crippen LogP contribution in [0.1, 0.15) is 16.1 Å². The second kappa shape index (κ2) is 3.94. The Morgan fingerprint density at radius 1 is 1.47 bits per heavy atom. The second-order valence-electron chi connectivity index (χ2n) is 3.10. The molecule has 0 unspecified atom stereocenters. The fraction of sp³-hybridized carbons (Fsp3) is 0.100. The minimum absolute atomic E-state index is 0.121. The predicted molar refractivity (Wildman–Crippen MR) is 58.6 cm³/mol. The van der Waals surface area contributed by atoms with Gasteiger partial charge in [-0.25, -0.2) is 0 Å². The third-order valence-electron chi connectivity index (χ3n) is 1.91. The Morgan fingerprint density at radius 2 is 2.27 bits per heavy atom. The number of halogens is 1. The molecule has 0 aliphatic carbocycles. The Labute approximate surface area is 95.1 Å². The summed E-state index contributed by atoms with van der Waals surface area (Å²) in [5.74, 6) is -0.121. The molecule has 0 bridgehead atoms.